The zero-order valence-electron chi connectivity index (χ0n) is 11.1. The molecular formula is C14H19NO3. The van der Waals surface area contributed by atoms with E-state index in [2.05, 4.69) is 5.32 Å². The fourth-order valence-electron chi connectivity index (χ4n) is 2.05. The average molecular weight is 249 g/mol. The van der Waals surface area contributed by atoms with Gasteiger partial charge in [-0.25, -0.2) is 0 Å². The molecule has 0 spiro atoms. The van der Waals surface area contributed by atoms with E-state index in [0.717, 1.165) is 35.5 Å². The van der Waals surface area contributed by atoms with Crippen molar-refractivity contribution in [3.05, 3.63) is 23.3 Å². The number of hydrogen-bond donors (Lipinski definition) is 1. The zero-order chi connectivity index (χ0) is 13.1. The number of hydrogen-bond acceptors (Lipinski definition) is 3. The Balaban J connectivity index is 2.15. The molecule has 98 valence electrons. The maximum absolute atomic E-state index is 11.8. The van der Waals surface area contributed by atoms with E-state index >= 15 is 0 Å². The van der Waals surface area contributed by atoms with Gasteiger partial charge in [0.2, 0.25) is 5.91 Å². The SMILES string of the molecule is COc1ccc(CC(=O)NC2CC2)c(OC)c1C. The number of carbonyl (C=O) groups is 1. The van der Waals surface area contributed by atoms with Crippen LogP contribution in [0.2, 0.25) is 0 Å². The van der Waals surface area contributed by atoms with Crippen molar-refractivity contribution in [2.45, 2.75) is 32.2 Å². The summed E-state index contributed by atoms with van der Waals surface area (Å²) >= 11 is 0. The molecule has 0 atom stereocenters. The van der Waals surface area contributed by atoms with Crippen LogP contribution in [-0.2, 0) is 11.2 Å². The summed E-state index contributed by atoms with van der Waals surface area (Å²) in [6, 6.07) is 4.15. The Morgan fingerprint density at radius 3 is 2.61 bits per heavy atom. The van der Waals surface area contributed by atoms with Crippen molar-refractivity contribution in [3.63, 3.8) is 0 Å². The van der Waals surface area contributed by atoms with Gasteiger partial charge < -0.3 is 14.8 Å². The second kappa shape index (κ2) is 5.29. The second-order valence-electron chi connectivity index (χ2n) is 4.60. The molecule has 0 heterocycles. The molecule has 18 heavy (non-hydrogen) atoms. The van der Waals surface area contributed by atoms with E-state index in [1.54, 1.807) is 14.2 Å². The number of nitrogens with one attached hydrogen (secondary N) is 1. The predicted molar refractivity (Wildman–Crippen MR) is 69.2 cm³/mol. The number of amides is 1. The molecule has 4 nitrogen and oxygen atoms in total. The normalized spacial score (nSPS) is 14.2. The molecule has 1 saturated carbocycles. The molecule has 0 radical (unpaired) electrons. The van der Waals surface area contributed by atoms with Crippen molar-refractivity contribution in [2.75, 3.05) is 14.2 Å². The topological polar surface area (TPSA) is 47.6 Å². The van der Waals surface area contributed by atoms with Gasteiger partial charge in [0, 0.05) is 17.2 Å². The lowest BCUT2D eigenvalue weighted by Crippen LogP contribution is -2.27. The van der Waals surface area contributed by atoms with Crippen LogP contribution in [0.1, 0.15) is 24.0 Å². The zero-order valence-corrected chi connectivity index (χ0v) is 11.1. The standard InChI is InChI=1S/C14H19NO3/c1-9-12(17-2)7-4-10(14(9)18-3)8-13(16)15-11-5-6-11/h4,7,11H,5-6,8H2,1-3H3,(H,15,16). The van der Waals surface area contributed by atoms with Crippen LogP contribution in [-0.4, -0.2) is 26.2 Å². The minimum Gasteiger partial charge on any atom is -0.496 e. The van der Waals surface area contributed by atoms with Gasteiger partial charge >= 0.3 is 0 Å². The number of benzene rings is 1. The first kappa shape index (κ1) is 12.7. The summed E-state index contributed by atoms with van der Waals surface area (Å²) in [4.78, 5) is 11.8. The van der Waals surface area contributed by atoms with Gasteiger partial charge in [-0.05, 0) is 25.8 Å². The molecule has 0 saturated heterocycles. The van der Waals surface area contributed by atoms with Gasteiger partial charge in [0.15, 0.2) is 0 Å². The number of carbonyl (C=O) groups excluding carboxylic acids is 1. The number of methoxy groups -OCH3 is 2. The van der Waals surface area contributed by atoms with Gasteiger partial charge in [-0.1, -0.05) is 6.07 Å². The summed E-state index contributed by atoms with van der Waals surface area (Å²) in [5.74, 6) is 1.57. The maximum Gasteiger partial charge on any atom is 0.224 e. The summed E-state index contributed by atoms with van der Waals surface area (Å²) in [5.41, 5.74) is 1.82. The molecule has 1 amide bonds. The van der Waals surface area contributed by atoms with Gasteiger partial charge in [0.1, 0.15) is 11.5 Å². The van der Waals surface area contributed by atoms with Gasteiger partial charge in [0.25, 0.3) is 0 Å². The van der Waals surface area contributed by atoms with Gasteiger partial charge in [0.05, 0.1) is 20.6 Å². The van der Waals surface area contributed by atoms with Crippen molar-refractivity contribution in [1.82, 2.24) is 5.32 Å². The molecule has 1 aromatic rings. The van der Waals surface area contributed by atoms with Crippen molar-refractivity contribution in [1.29, 1.82) is 0 Å². The summed E-state index contributed by atoms with van der Waals surface area (Å²) in [6.07, 6.45) is 2.56. The van der Waals surface area contributed by atoms with Crippen LogP contribution in [0.15, 0.2) is 12.1 Å². The van der Waals surface area contributed by atoms with E-state index in [1.165, 1.54) is 0 Å². The largest absolute Gasteiger partial charge is 0.496 e. The minimum absolute atomic E-state index is 0.0559. The maximum atomic E-state index is 11.8. The molecule has 4 heteroatoms. The van der Waals surface area contributed by atoms with Crippen LogP contribution >= 0.6 is 0 Å². The van der Waals surface area contributed by atoms with Gasteiger partial charge in [-0.2, -0.15) is 0 Å². The first-order chi connectivity index (χ1) is 8.65. The van der Waals surface area contributed by atoms with E-state index < -0.39 is 0 Å². The average Bonchev–Trinajstić information content (AvgIpc) is 3.13. The van der Waals surface area contributed by atoms with Crippen LogP contribution in [0.4, 0.5) is 0 Å². The van der Waals surface area contributed by atoms with Crippen LogP contribution < -0.4 is 14.8 Å². The molecule has 1 fully saturated rings. The Hall–Kier alpha value is -1.71. The van der Waals surface area contributed by atoms with Gasteiger partial charge in [-0.3, -0.25) is 4.79 Å². The van der Waals surface area contributed by atoms with Gasteiger partial charge in [-0.15, -0.1) is 0 Å². The number of rotatable bonds is 5. The Morgan fingerprint density at radius 1 is 1.33 bits per heavy atom. The third-order valence-corrected chi connectivity index (χ3v) is 3.16. The Morgan fingerprint density at radius 2 is 2.06 bits per heavy atom. The van der Waals surface area contributed by atoms with Crippen molar-refractivity contribution in [2.24, 2.45) is 0 Å². The summed E-state index contributed by atoms with van der Waals surface area (Å²) in [7, 11) is 3.24. The van der Waals surface area contributed by atoms with E-state index in [0.29, 0.717) is 12.5 Å². The van der Waals surface area contributed by atoms with Crippen LogP contribution in [0.3, 0.4) is 0 Å². The predicted octanol–water partition coefficient (Wildman–Crippen LogP) is 1.83. The lowest BCUT2D eigenvalue weighted by Gasteiger charge is -2.14. The molecular weight excluding hydrogens is 230 g/mol. The molecule has 1 aromatic carbocycles. The molecule has 1 aliphatic rings. The molecule has 1 aliphatic carbocycles. The van der Waals surface area contributed by atoms with Crippen molar-refractivity contribution in [3.8, 4) is 11.5 Å². The summed E-state index contributed by atoms with van der Waals surface area (Å²) < 4.78 is 10.6. The van der Waals surface area contributed by atoms with Crippen LogP contribution in [0.25, 0.3) is 0 Å². The Bertz CT molecular complexity index is 453. The molecule has 1 N–H and O–H groups in total. The second-order valence-corrected chi connectivity index (χ2v) is 4.60. The highest BCUT2D eigenvalue weighted by Gasteiger charge is 2.24. The van der Waals surface area contributed by atoms with Crippen LogP contribution in [0, 0.1) is 6.92 Å². The lowest BCUT2D eigenvalue weighted by atomic mass is 10.1. The Labute approximate surface area is 107 Å². The lowest BCUT2D eigenvalue weighted by molar-refractivity contribution is -0.120. The monoisotopic (exact) mass is 249 g/mol. The highest BCUT2D eigenvalue weighted by Crippen LogP contribution is 2.31. The quantitative estimate of drug-likeness (QED) is 0.866. The van der Waals surface area contributed by atoms with Crippen molar-refractivity contribution < 1.29 is 14.3 Å². The first-order valence-corrected chi connectivity index (χ1v) is 6.15. The summed E-state index contributed by atoms with van der Waals surface area (Å²) in [5, 5.41) is 2.98. The Kier molecular flexibility index (Phi) is 3.75. The highest BCUT2D eigenvalue weighted by atomic mass is 16.5. The van der Waals surface area contributed by atoms with E-state index in [4.69, 9.17) is 9.47 Å². The molecule has 0 bridgehead atoms. The molecule has 0 aliphatic heterocycles. The van der Waals surface area contributed by atoms with E-state index in [1.807, 2.05) is 19.1 Å². The molecule has 0 unspecified atom stereocenters. The highest BCUT2D eigenvalue weighted by molar-refractivity contribution is 5.80. The van der Waals surface area contributed by atoms with E-state index in [9.17, 15) is 4.79 Å². The summed E-state index contributed by atoms with van der Waals surface area (Å²) in [6.45, 7) is 1.93. The van der Waals surface area contributed by atoms with Crippen LogP contribution in [0.5, 0.6) is 11.5 Å². The fraction of sp³-hybridized carbons (Fsp3) is 0.500. The fourth-order valence-corrected chi connectivity index (χ4v) is 2.05. The first-order valence-electron chi connectivity index (χ1n) is 6.15. The third kappa shape index (κ3) is 2.75. The number of ether oxygens (including phenoxy) is 2. The smallest absolute Gasteiger partial charge is 0.224 e. The minimum atomic E-state index is 0.0559. The third-order valence-electron chi connectivity index (χ3n) is 3.16. The van der Waals surface area contributed by atoms with E-state index in [-0.39, 0.29) is 5.91 Å². The molecule has 0 aromatic heterocycles. The molecule has 2 rings (SSSR count). The van der Waals surface area contributed by atoms with Crippen molar-refractivity contribution >= 4 is 5.91 Å².